The molecule has 1 aliphatic rings. The molecule has 2 rings (SSSR count). The molecule has 1 saturated carbocycles. The minimum Gasteiger partial charge on any atom is -0.493 e. The summed E-state index contributed by atoms with van der Waals surface area (Å²) < 4.78 is 31.2. The highest BCUT2D eigenvalue weighted by atomic mass is 32.2. The van der Waals surface area contributed by atoms with Crippen LogP contribution < -0.4 is 20.1 Å². The quantitative estimate of drug-likeness (QED) is 0.327. The number of sulfonamides is 1. The Labute approximate surface area is 150 Å². The summed E-state index contributed by atoms with van der Waals surface area (Å²) in [5.74, 6) is 2.31. The van der Waals surface area contributed by atoms with E-state index < -0.39 is 10.0 Å². The van der Waals surface area contributed by atoms with Crippen LogP contribution in [0.1, 0.15) is 25.3 Å². The van der Waals surface area contributed by atoms with Crippen LogP contribution in [-0.4, -0.2) is 46.9 Å². The second kappa shape index (κ2) is 9.62. The minimum absolute atomic E-state index is 0.0810. The van der Waals surface area contributed by atoms with Gasteiger partial charge in [-0.25, -0.2) is 13.1 Å². The van der Waals surface area contributed by atoms with E-state index in [1.54, 1.807) is 14.0 Å². The maximum Gasteiger partial charge on any atom is 0.211 e. The second-order valence-electron chi connectivity index (χ2n) is 6.01. The van der Waals surface area contributed by atoms with Gasteiger partial charge in [-0.3, -0.25) is 4.99 Å². The van der Waals surface area contributed by atoms with Gasteiger partial charge in [0.2, 0.25) is 10.0 Å². The zero-order valence-corrected chi connectivity index (χ0v) is 15.7. The van der Waals surface area contributed by atoms with Gasteiger partial charge in [0, 0.05) is 32.2 Å². The van der Waals surface area contributed by atoms with Gasteiger partial charge in [0.25, 0.3) is 0 Å². The van der Waals surface area contributed by atoms with Crippen molar-refractivity contribution in [1.29, 1.82) is 0 Å². The third-order valence-corrected chi connectivity index (χ3v) is 5.34. The van der Waals surface area contributed by atoms with Gasteiger partial charge < -0.3 is 15.4 Å². The molecule has 8 heteroatoms. The van der Waals surface area contributed by atoms with Crippen LogP contribution in [-0.2, 0) is 16.6 Å². The van der Waals surface area contributed by atoms with E-state index in [4.69, 9.17) is 4.74 Å². The van der Waals surface area contributed by atoms with Crippen molar-refractivity contribution in [2.75, 3.05) is 32.5 Å². The fourth-order valence-electron chi connectivity index (χ4n) is 2.17. The molecular formula is C17H28N4O3S. The van der Waals surface area contributed by atoms with Gasteiger partial charge in [0.05, 0.1) is 12.4 Å². The molecule has 25 heavy (non-hydrogen) atoms. The third-order valence-electron chi connectivity index (χ3n) is 3.93. The van der Waals surface area contributed by atoms with Crippen molar-refractivity contribution in [1.82, 2.24) is 15.4 Å². The third kappa shape index (κ3) is 7.31. The molecule has 0 saturated heterocycles. The standard InChI is InChI=1S/C17H28N4O3S/c1-3-25(22,23)21-11-10-19-17(18-2)20-12-15-6-4-5-7-16(15)24-13-14-8-9-14/h4-7,14,21H,3,8-13H2,1-2H3,(H2,18,19,20). The zero-order valence-electron chi connectivity index (χ0n) is 14.9. The molecule has 1 aromatic rings. The molecule has 140 valence electrons. The van der Waals surface area contributed by atoms with Crippen molar-refractivity contribution in [3.63, 3.8) is 0 Å². The molecule has 0 heterocycles. The summed E-state index contributed by atoms with van der Waals surface area (Å²) in [6.45, 7) is 3.75. The molecule has 0 spiro atoms. The van der Waals surface area contributed by atoms with E-state index in [0.29, 0.717) is 31.5 Å². The molecule has 0 radical (unpaired) electrons. The number of ether oxygens (including phenoxy) is 1. The summed E-state index contributed by atoms with van der Waals surface area (Å²) in [6, 6.07) is 7.96. The predicted octanol–water partition coefficient (Wildman–Crippen LogP) is 1.08. The number of hydrogen-bond donors (Lipinski definition) is 3. The average Bonchev–Trinajstić information content (AvgIpc) is 3.44. The van der Waals surface area contributed by atoms with E-state index >= 15 is 0 Å². The minimum atomic E-state index is -3.16. The summed E-state index contributed by atoms with van der Waals surface area (Å²) in [5, 5.41) is 6.31. The maximum atomic E-state index is 11.4. The SMILES string of the molecule is CCS(=O)(=O)NCCNC(=NC)NCc1ccccc1OCC1CC1. The Balaban J connectivity index is 1.76. The van der Waals surface area contributed by atoms with Crippen molar-refractivity contribution >= 4 is 16.0 Å². The van der Waals surface area contributed by atoms with Crippen LogP contribution in [0.3, 0.4) is 0 Å². The van der Waals surface area contributed by atoms with E-state index in [1.807, 2.05) is 24.3 Å². The Morgan fingerprint density at radius 2 is 2.00 bits per heavy atom. The van der Waals surface area contributed by atoms with Crippen LogP contribution in [0.15, 0.2) is 29.3 Å². The van der Waals surface area contributed by atoms with Gasteiger partial charge >= 0.3 is 0 Å². The number of guanidine groups is 1. The van der Waals surface area contributed by atoms with E-state index in [2.05, 4.69) is 20.3 Å². The summed E-state index contributed by atoms with van der Waals surface area (Å²) in [6.07, 6.45) is 2.53. The van der Waals surface area contributed by atoms with E-state index in [-0.39, 0.29) is 5.75 Å². The number of nitrogens with one attached hydrogen (secondary N) is 3. The molecule has 1 aromatic carbocycles. The highest BCUT2D eigenvalue weighted by Gasteiger charge is 2.22. The molecule has 1 fully saturated rings. The smallest absolute Gasteiger partial charge is 0.211 e. The van der Waals surface area contributed by atoms with Crippen molar-refractivity contribution in [3.8, 4) is 5.75 Å². The molecule has 0 atom stereocenters. The van der Waals surface area contributed by atoms with Gasteiger partial charge in [-0.1, -0.05) is 18.2 Å². The Kier molecular flexibility index (Phi) is 7.52. The summed E-state index contributed by atoms with van der Waals surface area (Å²) >= 11 is 0. The fourth-order valence-corrected chi connectivity index (χ4v) is 2.79. The van der Waals surface area contributed by atoms with Crippen LogP contribution in [0.4, 0.5) is 0 Å². The molecule has 7 nitrogen and oxygen atoms in total. The van der Waals surface area contributed by atoms with Crippen molar-refractivity contribution in [2.24, 2.45) is 10.9 Å². The molecular weight excluding hydrogens is 340 g/mol. The molecule has 0 amide bonds. The number of aliphatic imine (C=N–C) groups is 1. The molecule has 1 aliphatic carbocycles. The average molecular weight is 369 g/mol. The zero-order chi connectivity index (χ0) is 18.1. The van der Waals surface area contributed by atoms with Crippen LogP contribution in [0, 0.1) is 5.92 Å². The number of para-hydroxylation sites is 1. The first-order chi connectivity index (χ1) is 12.0. The topological polar surface area (TPSA) is 91.8 Å². The highest BCUT2D eigenvalue weighted by Crippen LogP contribution is 2.30. The Hall–Kier alpha value is -1.80. The van der Waals surface area contributed by atoms with Gasteiger partial charge in [0.1, 0.15) is 5.75 Å². The van der Waals surface area contributed by atoms with E-state index in [0.717, 1.165) is 17.9 Å². The Morgan fingerprint density at radius 1 is 1.24 bits per heavy atom. The van der Waals surface area contributed by atoms with Crippen LogP contribution >= 0.6 is 0 Å². The molecule has 0 bridgehead atoms. The summed E-state index contributed by atoms with van der Waals surface area (Å²) in [4.78, 5) is 4.15. The van der Waals surface area contributed by atoms with Gasteiger partial charge in [0.15, 0.2) is 5.96 Å². The molecule has 0 aromatic heterocycles. The molecule has 0 aliphatic heterocycles. The van der Waals surface area contributed by atoms with Crippen LogP contribution in [0.2, 0.25) is 0 Å². The normalized spacial score (nSPS) is 15.0. The lowest BCUT2D eigenvalue weighted by Crippen LogP contribution is -2.41. The largest absolute Gasteiger partial charge is 0.493 e. The fraction of sp³-hybridized carbons (Fsp3) is 0.588. The van der Waals surface area contributed by atoms with E-state index in [9.17, 15) is 8.42 Å². The number of hydrogen-bond acceptors (Lipinski definition) is 4. The lowest BCUT2D eigenvalue weighted by molar-refractivity contribution is 0.296. The maximum absolute atomic E-state index is 11.4. The lowest BCUT2D eigenvalue weighted by Gasteiger charge is -2.15. The number of nitrogens with zero attached hydrogens (tertiary/aromatic N) is 1. The van der Waals surface area contributed by atoms with Crippen molar-refractivity contribution < 1.29 is 13.2 Å². The van der Waals surface area contributed by atoms with Crippen LogP contribution in [0.25, 0.3) is 0 Å². The first-order valence-corrected chi connectivity index (χ1v) is 10.3. The predicted molar refractivity (Wildman–Crippen MR) is 100 cm³/mol. The highest BCUT2D eigenvalue weighted by molar-refractivity contribution is 7.89. The molecule has 3 N–H and O–H groups in total. The first-order valence-electron chi connectivity index (χ1n) is 8.66. The lowest BCUT2D eigenvalue weighted by atomic mass is 10.2. The number of benzene rings is 1. The monoisotopic (exact) mass is 368 g/mol. The second-order valence-corrected chi connectivity index (χ2v) is 8.11. The molecule has 0 unspecified atom stereocenters. The van der Waals surface area contributed by atoms with Gasteiger partial charge in [-0.2, -0.15) is 0 Å². The van der Waals surface area contributed by atoms with Gasteiger partial charge in [-0.05, 0) is 31.7 Å². The van der Waals surface area contributed by atoms with Crippen molar-refractivity contribution in [2.45, 2.75) is 26.3 Å². The van der Waals surface area contributed by atoms with Gasteiger partial charge in [-0.15, -0.1) is 0 Å². The summed E-state index contributed by atoms with van der Waals surface area (Å²) in [5.41, 5.74) is 1.07. The summed E-state index contributed by atoms with van der Waals surface area (Å²) in [7, 11) is -1.48. The number of rotatable bonds is 10. The first kappa shape index (κ1) is 19.5. The Morgan fingerprint density at radius 3 is 2.68 bits per heavy atom. The van der Waals surface area contributed by atoms with Crippen molar-refractivity contribution in [3.05, 3.63) is 29.8 Å². The Bertz CT molecular complexity index is 672. The van der Waals surface area contributed by atoms with E-state index in [1.165, 1.54) is 12.8 Å². The van der Waals surface area contributed by atoms with Crippen LogP contribution in [0.5, 0.6) is 5.75 Å².